The number of rotatable bonds is 4. The van der Waals surface area contributed by atoms with Gasteiger partial charge in [0.25, 0.3) is 0 Å². The minimum absolute atomic E-state index is 0.349. The minimum atomic E-state index is -1.46. The van der Waals surface area contributed by atoms with Crippen molar-refractivity contribution in [1.29, 1.82) is 0 Å². The lowest BCUT2D eigenvalue weighted by Gasteiger charge is -2.10. The second-order valence-electron chi connectivity index (χ2n) is 4.32. The third-order valence-corrected chi connectivity index (χ3v) is 3.03. The monoisotopic (exact) mass is 276 g/mol. The Kier molecular flexibility index (Phi) is 4.48. The largest absolute Gasteiger partial charge is 0.489 e. The highest BCUT2D eigenvalue weighted by Crippen LogP contribution is 2.23. The summed E-state index contributed by atoms with van der Waals surface area (Å²) in [5.74, 6) is 0.724. The van der Waals surface area contributed by atoms with Crippen LogP contribution in [-0.4, -0.2) is 17.2 Å². The summed E-state index contributed by atoms with van der Waals surface area (Å²) in [6, 6.07) is 12.5. The molecule has 0 amide bonds. The van der Waals surface area contributed by atoms with Crippen molar-refractivity contribution < 1.29 is 14.8 Å². The number of hydrogen-bond donors (Lipinski definition) is 2. The molecule has 98 valence electrons. The molecule has 0 spiro atoms. The summed E-state index contributed by atoms with van der Waals surface area (Å²) < 4.78 is 5.69. The maximum absolute atomic E-state index is 9.11. The van der Waals surface area contributed by atoms with E-state index in [9.17, 15) is 0 Å². The molecule has 0 unspecified atom stereocenters. The molecule has 5 heteroatoms. The van der Waals surface area contributed by atoms with E-state index in [-0.39, 0.29) is 0 Å². The van der Waals surface area contributed by atoms with E-state index in [1.165, 1.54) is 0 Å². The molecule has 0 radical (unpaired) electrons. The van der Waals surface area contributed by atoms with Gasteiger partial charge < -0.3 is 14.8 Å². The summed E-state index contributed by atoms with van der Waals surface area (Å²) in [7, 11) is -1.46. The molecule has 0 bridgehead atoms. The zero-order valence-corrected chi connectivity index (χ0v) is 11.3. The molecule has 0 aliphatic carbocycles. The van der Waals surface area contributed by atoms with Crippen LogP contribution in [0.5, 0.6) is 5.75 Å². The molecule has 2 rings (SSSR count). The van der Waals surface area contributed by atoms with Crippen LogP contribution in [0, 0.1) is 6.92 Å². The van der Waals surface area contributed by atoms with Gasteiger partial charge >= 0.3 is 7.12 Å². The lowest BCUT2D eigenvalue weighted by atomic mass is 9.80. The van der Waals surface area contributed by atoms with Gasteiger partial charge in [0.05, 0.1) is 0 Å². The van der Waals surface area contributed by atoms with Crippen LogP contribution in [-0.2, 0) is 6.61 Å². The summed E-state index contributed by atoms with van der Waals surface area (Å²) in [5.41, 5.74) is 2.32. The van der Waals surface area contributed by atoms with Gasteiger partial charge in [-0.2, -0.15) is 0 Å². The Morgan fingerprint density at radius 1 is 1.16 bits per heavy atom. The molecular weight excluding hydrogens is 262 g/mol. The van der Waals surface area contributed by atoms with Gasteiger partial charge in [0.2, 0.25) is 0 Å². The molecule has 0 saturated carbocycles. The summed E-state index contributed by atoms with van der Waals surface area (Å²) in [6.07, 6.45) is 0. The molecule has 3 nitrogen and oxygen atoms in total. The molecule has 2 aromatic rings. The Morgan fingerprint density at radius 2 is 1.95 bits per heavy atom. The van der Waals surface area contributed by atoms with Crippen molar-refractivity contribution in [3.8, 4) is 5.75 Å². The first-order chi connectivity index (χ1) is 9.06. The van der Waals surface area contributed by atoms with Crippen LogP contribution in [0.25, 0.3) is 0 Å². The zero-order chi connectivity index (χ0) is 13.8. The molecule has 0 aliphatic rings. The minimum Gasteiger partial charge on any atom is -0.489 e. The fraction of sp³-hybridized carbons (Fsp3) is 0.143. The maximum Gasteiger partial charge on any atom is 0.488 e. The van der Waals surface area contributed by atoms with Gasteiger partial charge in [-0.25, -0.2) is 0 Å². The van der Waals surface area contributed by atoms with Crippen molar-refractivity contribution in [3.05, 3.63) is 58.6 Å². The van der Waals surface area contributed by atoms with Crippen molar-refractivity contribution in [2.24, 2.45) is 0 Å². The van der Waals surface area contributed by atoms with Gasteiger partial charge in [-0.05, 0) is 35.6 Å². The van der Waals surface area contributed by atoms with Crippen LogP contribution in [0.4, 0.5) is 0 Å². The van der Waals surface area contributed by atoms with E-state index in [1.807, 2.05) is 25.1 Å². The first kappa shape index (κ1) is 13.9. The maximum atomic E-state index is 9.11. The lowest BCUT2D eigenvalue weighted by Crippen LogP contribution is -2.29. The first-order valence-corrected chi connectivity index (χ1v) is 6.28. The van der Waals surface area contributed by atoms with E-state index in [0.717, 1.165) is 16.9 Å². The number of hydrogen-bond acceptors (Lipinski definition) is 3. The highest BCUT2D eigenvalue weighted by Gasteiger charge is 2.11. The third kappa shape index (κ3) is 3.74. The quantitative estimate of drug-likeness (QED) is 0.839. The Bertz CT molecular complexity index is 572. The van der Waals surface area contributed by atoms with Gasteiger partial charge in [-0.15, -0.1) is 0 Å². The van der Waals surface area contributed by atoms with Crippen molar-refractivity contribution in [2.45, 2.75) is 13.5 Å². The highest BCUT2D eigenvalue weighted by atomic mass is 35.5. The molecule has 0 heterocycles. The van der Waals surface area contributed by atoms with Gasteiger partial charge in [-0.1, -0.05) is 41.9 Å². The zero-order valence-electron chi connectivity index (χ0n) is 10.5. The summed E-state index contributed by atoms with van der Waals surface area (Å²) in [6.45, 7) is 2.29. The van der Waals surface area contributed by atoms with Gasteiger partial charge in [0, 0.05) is 5.02 Å². The normalized spacial score (nSPS) is 10.3. The topological polar surface area (TPSA) is 49.7 Å². The number of ether oxygens (including phenoxy) is 1. The molecule has 0 fully saturated rings. The van der Waals surface area contributed by atoms with Crippen LogP contribution < -0.4 is 10.2 Å². The lowest BCUT2D eigenvalue weighted by molar-refractivity contribution is 0.304. The Balaban J connectivity index is 2.10. The van der Waals surface area contributed by atoms with Crippen LogP contribution in [0.3, 0.4) is 0 Å². The fourth-order valence-electron chi connectivity index (χ4n) is 1.73. The Morgan fingerprint density at radius 3 is 2.68 bits per heavy atom. The highest BCUT2D eigenvalue weighted by molar-refractivity contribution is 6.58. The van der Waals surface area contributed by atoms with E-state index < -0.39 is 7.12 Å². The molecule has 2 aromatic carbocycles. The predicted octanol–water partition coefficient (Wildman–Crippen LogP) is 1.91. The fourth-order valence-corrected chi connectivity index (χ4v) is 1.90. The number of halogens is 1. The summed E-state index contributed by atoms with van der Waals surface area (Å²) in [4.78, 5) is 0. The number of benzene rings is 2. The predicted molar refractivity (Wildman–Crippen MR) is 76.8 cm³/mol. The van der Waals surface area contributed by atoms with Crippen LogP contribution >= 0.6 is 11.6 Å². The Hall–Kier alpha value is -1.49. The van der Waals surface area contributed by atoms with Gasteiger partial charge in [0.15, 0.2) is 0 Å². The van der Waals surface area contributed by atoms with Crippen molar-refractivity contribution >= 4 is 24.2 Å². The third-order valence-electron chi connectivity index (χ3n) is 2.79. The van der Waals surface area contributed by atoms with Crippen LogP contribution in [0.1, 0.15) is 11.1 Å². The van der Waals surface area contributed by atoms with Crippen molar-refractivity contribution in [1.82, 2.24) is 0 Å². The average Bonchev–Trinajstić information content (AvgIpc) is 2.40. The first-order valence-electron chi connectivity index (χ1n) is 5.90. The van der Waals surface area contributed by atoms with Crippen LogP contribution in [0.2, 0.25) is 5.02 Å². The van der Waals surface area contributed by atoms with E-state index in [2.05, 4.69) is 0 Å². The van der Waals surface area contributed by atoms with Crippen LogP contribution in [0.15, 0.2) is 42.5 Å². The van der Waals surface area contributed by atoms with E-state index in [4.69, 9.17) is 26.4 Å². The SMILES string of the molecule is Cc1ccc(Cl)cc1OCc1cccc(B(O)O)c1. The molecule has 0 aromatic heterocycles. The van der Waals surface area contributed by atoms with Crippen molar-refractivity contribution in [2.75, 3.05) is 0 Å². The molecule has 0 aliphatic heterocycles. The van der Waals surface area contributed by atoms with E-state index in [0.29, 0.717) is 17.1 Å². The average molecular weight is 277 g/mol. The van der Waals surface area contributed by atoms with Crippen molar-refractivity contribution in [3.63, 3.8) is 0 Å². The molecule has 0 saturated heterocycles. The van der Waals surface area contributed by atoms with E-state index >= 15 is 0 Å². The second kappa shape index (κ2) is 6.11. The Labute approximate surface area is 117 Å². The summed E-state index contributed by atoms with van der Waals surface area (Å²) in [5, 5.41) is 18.8. The standard InChI is InChI=1S/C14H14BClO3/c1-10-5-6-13(16)8-14(10)19-9-11-3-2-4-12(7-11)15(17)18/h2-8,17-18H,9H2,1H3. The summed E-state index contributed by atoms with van der Waals surface area (Å²) >= 11 is 5.92. The molecular formula is C14H14BClO3. The molecule has 19 heavy (non-hydrogen) atoms. The second-order valence-corrected chi connectivity index (χ2v) is 4.75. The van der Waals surface area contributed by atoms with Gasteiger partial charge in [0.1, 0.15) is 12.4 Å². The molecule has 2 N–H and O–H groups in total. The van der Waals surface area contributed by atoms with Gasteiger partial charge in [-0.3, -0.25) is 0 Å². The van der Waals surface area contributed by atoms with E-state index in [1.54, 1.807) is 24.3 Å². The number of aryl methyl sites for hydroxylation is 1. The molecule has 0 atom stereocenters. The smallest absolute Gasteiger partial charge is 0.488 e.